The molecule has 0 aromatic carbocycles. The molecule has 1 aliphatic heterocycles. The van der Waals surface area contributed by atoms with Crippen LogP contribution < -0.4 is 0 Å². The van der Waals surface area contributed by atoms with Crippen molar-refractivity contribution in [3.8, 4) is 0 Å². The summed E-state index contributed by atoms with van der Waals surface area (Å²) < 4.78 is 34.2. The number of cyclic esters (lactones) is 2. The third kappa shape index (κ3) is 42.1. The molecular weight excluding hydrogens is 1170 g/mol. The number of hydrogen-bond donors (Lipinski definition) is 0. The summed E-state index contributed by atoms with van der Waals surface area (Å²) >= 11 is 0. The van der Waals surface area contributed by atoms with Crippen molar-refractivity contribution in [3.05, 3.63) is 0 Å². The minimum atomic E-state index is -2.07. The Bertz CT molecular complexity index is 1710. The lowest BCUT2D eigenvalue weighted by Gasteiger charge is -2.42. The van der Waals surface area contributed by atoms with Gasteiger partial charge in [-0.05, 0) is 138 Å². The van der Waals surface area contributed by atoms with Gasteiger partial charge in [0.15, 0.2) is 37.2 Å². The van der Waals surface area contributed by atoms with Crippen molar-refractivity contribution < 1.29 is 32.3 Å². The quantitative estimate of drug-likeness (QED) is 0.0336. The van der Waals surface area contributed by atoms with Gasteiger partial charge >= 0.3 is 11.9 Å². The Labute approximate surface area is 572 Å². The lowest BCUT2D eigenvalue weighted by molar-refractivity contribution is -0.196. The summed E-state index contributed by atoms with van der Waals surface area (Å²) in [5.41, 5.74) is 0. The second-order valence-electron chi connectivity index (χ2n) is 34.0. The van der Waals surface area contributed by atoms with E-state index in [4.69, 9.17) is 22.8 Å². The fourth-order valence-electron chi connectivity index (χ4n) is 12.6. The van der Waals surface area contributed by atoms with Gasteiger partial charge in [0.2, 0.25) is 0 Å². The van der Waals surface area contributed by atoms with Gasteiger partial charge in [0, 0.05) is 26.2 Å². The van der Waals surface area contributed by atoms with Gasteiger partial charge < -0.3 is 27.7 Å². The highest BCUT2D eigenvalue weighted by Gasteiger charge is 2.43. The number of unbranched alkanes of at least 4 members (excludes halogenated alkanes) is 30. The Balaban J connectivity index is 3.27. The largest absolute Gasteiger partial charge is 0.448 e. The molecule has 6 unspecified atom stereocenters. The maximum atomic E-state index is 13.8. The van der Waals surface area contributed by atoms with E-state index < -0.39 is 37.2 Å². The molecule has 0 N–H and O–H groups in total. The van der Waals surface area contributed by atoms with Gasteiger partial charge in [0.05, 0.1) is 18.3 Å². The van der Waals surface area contributed by atoms with Crippen molar-refractivity contribution in [2.24, 2.45) is 5.92 Å². The van der Waals surface area contributed by atoms with E-state index in [9.17, 15) is 9.59 Å². The maximum Gasteiger partial charge on any atom is 0.348 e. The molecule has 1 rings (SSSR count). The number of nitrogens with zero attached hydrogens (tertiary/aromatic N) is 2. The molecule has 0 spiro atoms. The third-order valence-corrected chi connectivity index (χ3v) is 35.5. The van der Waals surface area contributed by atoms with E-state index in [0.29, 0.717) is 18.8 Å². The number of carbonyl (C=O) groups is 2. The molecule has 1 aliphatic rings. The van der Waals surface area contributed by atoms with E-state index in [1.54, 1.807) is 0 Å². The van der Waals surface area contributed by atoms with Crippen LogP contribution in [0.3, 0.4) is 0 Å². The predicted molar refractivity (Wildman–Crippen MR) is 405 cm³/mol. The van der Waals surface area contributed by atoms with E-state index in [2.05, 4.69) is 146 Å². The van der Waals surface area contributed by atoms with Crippen LogP contribution in [0.25, 0.3) is 0 Å². The summed E-state index contributed by atoms with van der Waals surface area (Å²) in [5, 5.41) is 0.388. The molecule has 6 atom stereocenters. The second-order valence-corrected chi connectivity index (χ2v) is 48.3. The van der Waals surface area contributed by atoms with Crippen LogP contribution in [0.4, 0.5) is 0 Å². The third-order valence-electron chi connectivity index (χ3n) is 21.9. The van der Waals surface area contributed by atoms with Crippen molar-refractivity contribution in [1.29, 1.82) is 0 Å². The second kappa shape index (κ2) is 49.8. The van der Waals surface area contributed by atoms with Crippen LogP contribution in [-0.2, 0) is 32.3 Å². The molecule has 542 valence electrons. The number of esters is 2. The molecule has 0 amide bonds. The lowest BCUT2D eigenvalue weighted by Crippen LogP contribution is -2.50. The minimum Gasteiger partial charge on any atom is -0.448 e. The van der Waals surface area contributed by atoms with Crippen molar-refractivity contribution in [2.45, 2.75) is 452 Å². The van der Waals surface area contributed by atoms with Gasteiger partial charge in [0.25, 0.3) is 0 Å². The Morgan fingerprint density at radius 3 is 0.824 bits per heavy atom. The van der Waals surface area contributed by atoms with Crippen LogP contribution in [0.15, 0.2) is 0 Å². The van der Waals surface area contributed by atoms with Crippen molar-refractivity contribution in [1.82, 2.24) is 9.80 Å². The van der Waals surface area contributed by atoms with E-state index in [-0.39, 0.29) is 45.4 Å². The molecule has 0 aromatic rings. The zero-order chi connectivity index (χ0) is 68.3. The molecule has 91 heavy (non-hydrogen) atoms. The summed E-state index contributed by atoms with van der Waals surface area (Å²) in [7, 11) is -6.14. The highest BCUT2D eigenvalue weighted by Crippen LogP contribution is 2.41. The Morgan fingerprint density at radius 1 is 0.341 bits per heavy atom. The van der Waals surface area contributed by atoms with E-state index in [0.717, 1.165) is 84.2 Å². The van der Waals surface area contributed by atoms with E-state index in [1.165, 1.54) is 212 Å². The lowest BCUT2D eigenvalue weighted by atomic mass is 10.00. The molecule has 1 heterocycles. The zero-order valence-corrected chi connectivity index (χ0v) is 68.2. The highest BCUT2D eigenvalue weighted by atomic mass is 28.4. The topological polar surface area (TPSA) is 86.8 Å². The molecule has 0 aliphatic carbocycles. The van der Waals surface area contributed by atoms with E-state index >= 15 is 0 Å². The highest BCUT2D eigenvalue weighted by molar-refractivity contribution is 6.75. The van der Waals surface area contributed by atoms with Crippen LogP contribution in [0, 0.1) is 5.92 Å². The first-order valence-corrected chi connectivity index (χ1v) is 48.5. The SMILES string of the molecule is CCCCCCCCCCC(C)CN(CCCCC1OC(=O)C(CCCCN(CC(CCCCCCCCCC)O[Si](C)(C)C(C)(C)C)CC(CCCCCCCCCC)O[Si](C)(C)C(C)(C)C)OC1=O)CC(CCCCCCCCCC)O[Si](C)(C)C(C)(C)C. The van der Waals surface area contributed by atoms with Crippen LogP contribution in [0.1, 0.15) is 367 Å². The molecule has 1 saturated heterocycles. The van der Waals surface area contributed by atoms with Gasteiger partial charge in [-0.2, -0.15) is 0 Å². The number of rotatable bonds is 60. The molecule has 9 nitrogen and oxygen atoms in total. The fraction of sp³-hybridized carbons (Fsp3) is 0.975. The number of hydrogen-bond acceptors (Lipinski definition) is 9. The number of ether oxygens (including phenoxy) is 2. The molecule has 0 radical (unpaired) electrons. The van der Waals surface area contributed by atoms with Crippen LogP contribution >= 0.6 is 0 Å². The molecule has 1 fully saturated rings. The Morgan fingerprint density at radius 2 is 0.571 bits per heavy atom. The summed E-state index contributed by atoms with van der Waals surface area (Å²) in [6, 6.07) is 0. The first kappa shape index (κ1) is 88.4. The van der Waals surface area contributed by atoms with E-state index in [1.807, 2.05) is 0 Å². The van der Waals surface area contributed by atoms with Gasteiger partial charge in [-0.3, -0.25) is 4.90 Å². The minimum absolute atomic E-state index is 0.118. The average Bonchev–Trinajstić information content (AvgIpc) is 1.70. The Hall–Kier alpha value is -0.609. The number of carbonyl (C=O) groups excluding carboxylic acids is 2. The molecular formula is C79H162N2O7Si3. The smallest absolute Gasteiger partial charge is 0.348 e. The van der Waals surface area contributed by atoms with Crippen LogP contribution in [0.2, 0.25) is 54.4 Å². The van der Waals surface area contributed by atoms with Crippen molar-refractivity contribution in [2.75, 3.05) is 39.3 Å². The fourth-order valence-corrected chi connectivity index (χ4v) is 16.7. The van der Waals surface area contributed by atoms with Crippen molar-refractivity contribution in [3.63, 3.8) is 0 Å². The summed E-state index contributed by atoms with van der Waals surface area (Å²) in [4.78, 5) is 33.0. The van der Waals surface area contributed by atoms with Gasteiger partial charge in [-0.25, -0.2) is 9.59 Å². The first-order valence-electron chi connectivity index (χ1n) is 39.8. The van der Waals surface area contributed by atoms with Gasteiger partial charge in [-0.15, -0.1) is 0 Å². The average molecular weight is 1340 g/mol. The van der Waals surface area contributed by atoms with Gasteiger partial charge in [0.1, 0.15) is 0 Å². The van der Waals surface area contributed by atoms with Gasteiger partial charge in [-0.1, -0.05) is 302 Å². The Kier molecular flexibility index (Phi) is 48.4. The monoisotopic (exact) mass is 1340 g/mol. The van der Waals surface area contributed by atoms with Crippen molar-refractivity contribution >= 4 is 36.9 Å². The summed E-state index contributed by atoms with van der Waals surface area (Å²) in [6.45, 7) is 53.2. The summed E-state index contributed by atoms with van der Waals surface area (Å²) in [6.07, 6.45) is 50.1. The zero-order valence-electron chi connectivity index (χ0n) is 65.2. The normalized spacial score (nSPS) is 17.1. The van der Waals surface area contributed by atoms with Crippen LogP contribution in [-0.4, -0.2) is 116 Å². The van der Waals surface area contributed by atoms with Crippen LogP contribution in [0.5, 0.6) is 0 Å². The first-order chi connectivity index (χ1) is 42.9. The molecule has 0 saturated carbocycles. The standard InChI is InChI=1S/C79H162N2O7Si3/c1-21-25-29-33-37-41-45-49-57-69(5)65-80(66-70(86-89(15,16)77(6,7)8)58-50-46-42-38-34-30-26-22-2)63-55-53-61-73-75(82)85-74(76(83)84-73)62-54-56-64-81(67-71(87-90(17,18)78(9,10)11)59-51-47-43-39-35-31-27-23-3)68-72(88-91(19,20)79(12,13)14)60-52-48-44-40-36-32-28-24-4/h69-74H,21-68H2,1-20H3. The summed E-state index contributed by atoms with van der Waals surface area (Å²) in [5.74, 6) is -0.129. The predicted octanol–water partition coefficient (Wildman–Crippen LogP) is 24.7. The molecule has 12 heteroatoms. The molecule has 0 bridgehead atoms. The maximum absolute atomic E-state index is 13.8. The molecule has 0 aromatic heterocycles.